The predicted molar refractivity (Wildman–Crippen MR) is 120 cm³/mol. The first-order valence-electron chi connectivity index (χ1n) is 11.1. The maximum Gasteiger partial charge on any atom is 0.153 e. The first kappa shape index (κ1) is 19.8. The van der Waals surface area contributed by atoms with Gasteiger partial charge in [0.2, 0.25) is 0 Å². The maximum atomic E-state index is 13.3. The van der Waals surface area contributed by atoms with Crippen molar-refractivity contribution in [3.63, 3.8) is 0 Å². The Morgan fingerprint density at radius 3 is 2.48 bits per heavy atom. The first-order valence-corrected chi connectivity index (χ1v) is 11.1. The third kappa shape index (κ3) is 3.11. The standard InChI is InChI=1S/C27H27N3O/c1-27-16-20(17-28)25(31)22(15-18-9-5-3-6-10-18)23(27)14-13-21-24(30(2)29-26(21)27)19-11-7-4-8-12-19/h3-12,20,22-23H,13-16H2,1-2H3/t20?,22-,23-,27-/m0/s1. The van der Waals surface area contributed by atoms with E-state index in [0.717, 1.165) is 18.5 Å². The maximum absolute atomic E-state index is 13.3. The fourth-order valence-electron chi connectivity index (χ4n) is 6.11. The van der Waals surface area contributed by atoms with Gasteiger partial charge in [-0.25, -0.2) is 0 Å². The minimum Gasteiger partial charge on any atom is -0.298 e. The van der Waals surface area contributed by atoms with Crippen LogP contribution in [0.25, 0.3) is 11.3 Å². The molecule has 4 heteroatoms. The van der Waals surface area contributed by atoms with E-state index in [1.165, 1.54) is 22.4 Å². The number of carbonyl (C=O) groups excluding carboxylic acids is 1. The lowest BCUT2D eigenvalue weighted by atomic mass is 9.53. The fraction of sp³-hybridized carbons (Fsp3) is 0.370. The van der Waals surface area contributed by atoms with Gasteiger partial charge in [0.1, 0.15) is 5.92 Å². The Kier molecular flexibility index (Phi) is 4.78. The Morgan fingerprint density at radius 1 is 1.13 bits per heavy atom. The average molecular weight is 410 g/mol. The smallest absolute Gasteiger partial charge is 0.153 e. The lowest BCUT2D eigenvalue weighted by Gasteiger charge is -2.49. The van der Waals surface area contributed by atoms with Gasteiger partial charge in [-0.05, 0) is 37.2 Å². The number of aromatic nitrogens is 2. The lowest BCUT2D eigenvalue weighted by molar-refractivity contribution is -0.133. The van der Waals surface area contributed by atoms with Gasteiger partial charge in [0.15, 0.2) is 5.78 Å². The number of Topliss-reactive ketones (excluding diaryl/α,β-unsaturated/α-hetero) is 1. The zero-order valence-corrected chi connectivity index (χ0v) is 18.1. The predicted octanol–water partition coefficient (Wildman–Crippen LogP) is 4.88. The Labute approximate surface area is 183 Å². The van der Waals surface area contributed by atoms with Gasteiger partial charge in [-0.1, -0.05) is 67.6 Å². The summed E-state index contributed by atoms with van der Waals surface area (Å²) in [6.45, 7) is 2.24. The van der Waals surface area contributed by atoms with Gasteiger partial charge in [-0.3, -0.25) is 9.48 Å². The summed E-state index contributed by atoms with van der Waals surface area (Å²) in [5, 5.41) is 14.9. The third-order valence-electron chi connectivity index (χ3n) is 7.53. The van der Waals surface area contributed by atoms with E-state index in [1.54, 1.807) is 0 Å². The lowest BCUT2D eigenvalue weighted by Crippen LogP contribution is -2.51. The van der Waals surface area contributed by atoms with Gasteiger partial charge in [0.05, 0.1) is 17.5 Å². The second kappa shape index (κ2) is 7.50. The van der Waals surface area contributed by atoms with Crippen LogP contribution >= 0.6 is 0 Å². The van der Waals surface area contributed by atoms with E-state index in [0.29, 0.717) is 12.8 Å². The summed E-state index contributed by atoms with van der Waals surface area (Å²) in [7, 11) is 2.01. The molecule has 4 atom stereocenters. The Balaban J connectivity index is 1.60. The molecule has 0 bridgehead atoms. The summed E-state index contributed by atoms with van der Waals surface area (Å²) in [6.07, 6.45) is 3.14. The summed E-state index contributed by atoms with van der Waals surface area (Å²) in [5.41, 5.74) is 5.61. The number of ketones is 1. The number of fused-ring (bicyclic) bond motifs is 3. The molecule has 1 saturated carbocycles. The Bertz CT molecular complexity index is 1160. The van der Waals surface area contributed by atoms with Gasteiger partial charge in [0.25, 0.3) is 0 Å². The molecule has 5 rings (SSSR count). The van der Waals surface area contributed by atoms with Crippen molar-refractivity contribution in [3.05, 3.63) is 77.5 Å². The van der Waals surface area contributed by atoms with Gasteiger partial charge in [-0.15, -0.1) is 0 Å². The molecule has 3 aromatic rings. The number of hydrogen-bond donors (Lipinski definition) is 0. The highest BCUT2D eigenvalue weighted by Gasteiger charge is 2.54. The molecule has 1 aromatic heterocycles. The van der Waals surface area contributed by atoms with Crippen LogP contribution in [-0.4, -0.2) is 15.6 Å². The van der Waals surface area contributed by atoms with Crippen LogP contribution in [0, 0.1) is 29.1 Å². The molecule has 2 aliphatic carbocycles. The molecular formula is C27H27N3O. The van der Waals surface area contributed by atoms with E-state index in [4.69, 9.17) is 5.10 Å². The number of rotatable bonds is 3. The van der Waals surface area contributed by atoms with Crippen molar-refractivity contribution in [2.24, 2.45) is 24.8 Å². The minimum absolute atomic E-state index is 0.122. The van der Waals surface area contributed by atoms with E-state index in [2.05, 4.69) is 49.4 Å². The topological polar surface area (TPSA) is 58.7 Å². The highest BCUT2D eigenvalue weighted by molar-refractivity contribution is 5.88. The molecule has 0 aliphatic heterocycles. The van der Waals surface area contributed by atoms with Gasteiger partial charge in [0, 0.05) is 29.5 Å². The molecule has 0 amide bonds. The monoisotopic (exact) mass is 409 g/mol. The highest BCUT2D eigenvalue weighted by atomic mass is 16.1. The summed E-state index contributed by atoms with van der Waals surface area (Å²) >= 11 is 0. The number of nitrogens with zero attached hydrogens (tertiary/aromatic N) is 3. The molecule has 1 heterocycles. The van der Waals surface area contributed by atoms with Crippen LogP contribution in [0.5, 0.6) is 0 Å². The normalized spacial score (nSPS) is 27.3. The van der Waals surface area contributed by atoms with Crippen molar-refractivity contribution in [3.8, 4) is 17.3 Å². The van der Waals surface area contributed by atoms with E-state index < -0.39 is 5.92 Å². The number of nitriles is 1. The Hall–Kier alpha value is -3.19. The zero-order chi connectivity index (χ0) is 21.6. The van der Waals surface area contributed by atoms with Crippen molar-refractivity contribution in [2.45, 2.75) is 38.0 Å². The van der Waals surface area contributed by atoms with Crippen molar-refractivity contribution in [1.29, 1.82) is 5.26 Å². The molecule has 4 nitrogen and oxygen atoms in total. The first-order chi connectivity index (χ1) is 15.0. The number of aryl methyl sites for hydroxylation is 1. The molecule has 0 spiro atoms. The summed E-state index contributed by atoms with van der Waals surface area (Å²) in [6, 6.07) is 23.0. The molecule has 0 radical (unpaired) electrons. The van der Waals surface area contributed by atoms with Crippen molar-refractivity contribution in [1.82, 2.24) is 9.78 Å². The van der Waals surface area contributed by atoms with Gasteiger partial charge >= 0.3 is 0 Å². The van der Waals surface area contributed by atoms with Crippen molar-refractivity contribution < 1.29 is 4.79 Å². The van der Waals surface area contributed by atoms with E-state index in [9.17, 15) is 10.1 Å². The molecule has 0 saturated heterocycles. The third-order valence-corrected chi connectivity index (χ3v) is 7.53. The number of carbonyl (C=O) groups is 1. The molecule has 2 aromatic carbocycles. The largest absolute Gasteiger partial charge is 0.298 e. The van der Waals surface area contributed by atoms with Crippen LogP contribution in [-0.2, 0) is 30.1 Å². The van der Waals surface area contributed by atoms with Crippen LogP contribution in [0.4, 0.5) is 0 Å². The molecule has 2 aliphatic rings. The van der Waals surface area contributed by atoms with E-state index in [-0.39, 0.29) is 23.0 Å². The van der Waals surface area contributed by atoms with E-state index >= 15 is 0 Å². The SMILES string of the molecule is Cn1nc2c(c1-c1ccccc1)CC[C@H]1[C@H](Cc3ccccc3)C(=O)C(C#N)C[C@]21C. The molecule has 1 unspecified atom stereocenters. The van der Waals surface area contributed by atoms with E-state index in [1.807, 2.05) is 36.0 Å². The average Bonchev–Trinajstić information content (AvgIpc) is 3.14. The molecule has 31 heavy (non-hydrogen) atoms. The van der Waals surface area contributed by atoms with Crippen LogP contribution in [0.15, 0.2) is 60.7 Å². The van der Waals surface area contributed by atoms with Crippen LogP contribution in [0.1, 0.15) is 36.6 Å². The van der Waals surface area contributed by atoms with Crippen LogP contribution in [0.3, 0.4) is 0 Å². The zero-order valence-electron chi connectivity index (χ0n) is 18.1. The van der Waals surface area contributed by atoms with Crippen molar-refractivity contribution >= 4 is 5.78 Å². The number of benzene rings is 2. The Morgan fingerprint density at radius 2 is 1.81 bits per heavy atom. The second-order valence-electron chi connectivity index (χ2n) is 9.31. The van der Waals surface area contributed by atoms with Crippen LogP contribution < -0.4 is 0 Å². The summed E-state index contributed by atoms with van der Waals surface area (Å²) < 4.78 is 2.00. The highest BCUT2D eigenvalue weighted by Crippen LogP contribution is 2.54. The quantitative estimate of drug-likeness (QED) is 0.619. The van der Waals surface area contributed by atoms with Crippen molar-refractivity contribution in [2.75, 3.05) is 0 Å². The fourth-order valence-corrected chi connectivity index (χ4v) is 6.11. The molecule has 0 N–H and O–H groups in total. The second-order valence-corrected chi connectivity index (χ2v) is 9.31. The molecule has 156 valence electrons. The molecule has 1 fully saturated rings. The molecular weight excluding hydrogens is 382 g/mol. The van der Waals surface area contributed by atoms with Gasteiger partial charge < -0.3 is 0 Å². The summed E-state index contributed by atoms with van der Waals surface area (Å²) in [5.74, 6) is -0.378. The number of hydrogen-bond acceptors (Lipinski definition) is 3. The van der Waals surface area contributed by atoms with Crippen LogP contribution in [0.2, 0.25) is 0 Å². The van der Waals surface area contributed by atoms with Gasteiger partial charge in [-0.2, -0.15) is 10.4 Å². The minimum atomic E-state index is -0.567. The summed E-state index contributed by atoms with van der Waals surface area (Å²) in [4.78, 5) is 13.3.